The second-order valence-corrected chi connectivity index (χ2v) is 7.23. The Balaban J connectivity index is 1.60. The summed E-state index contributed by atoms with van der Waals surface area (Å²) in [5, 5.41) is 5.06. The van der Waals surface area contributed by atoms with E-state index in [0.717, 1.165) is 22.0 Å². The predicted octanol–water partition coefficient (Wildman–Crippen LogP) is 3.38. The van der Waals surface area contributed by atoms with Crippen LogP contribution in [0.4, 0.5) is 11.5 Å². The quantitative estimate of drug-likeness (QED) is 0.413. The fourth-order valence-electron chi connectivity index (χ4n) is 3.73. The molecule has 1 fully saturated rings. The lowest BCUT2D eigenvalue weighted by Gasteiger charge is -2.27. The molecule has 4 aromatic rings. The van der Waals surface area contributed by atoms with Crippen LogP contribution in [0.5, 0.6) is 0 Å². The molecule has 2 aromatic carbocycles. The Morgan fingerprint density at radius 1 is 1.13 bits per heavy atom. The zero-order chi connectivity index (χ0) is 21.2. The van der Waals surface area contributed by atoms with E-state index in [2.05, 4.69) is 21.2 Å². The zero-order valence-electron chi connectivity index (χ0n) is 16.7. The van der Waals surface area contributed by atoms with E-state index in [1.54, 1.807) is 11.1 Å². The number of nitrogens with zero attached hydrogens (tertiary/aromatic N) is 4. The molecule has 1 amide bonds. The van der Waals surface area contributed by atoms with Gasteiger partial charge in [0.15, 0.2) is 5.82 Å². The van der Waals surface area contributed by atoms with E-state index < -0.39 is 0 Å². The molecular formula is C24H19N5O2. The second-order valence-electron chi connectivity index (χ2n) is 7.23. The van der Waals surface area contributed by atoms with Crippen LogP contribution in [0.2, 0.25) is 0 Å². The van der Waals surface area contributed by atoms with Crippen molar-refractivity contribution in [3.05, 3.63) is 66.1 Å². The fourth-order valence-corrected chi connectivity index (χ4v) is 3.73. The van der Waals surface area contributed by atoms with E-state index in [1.807, 2.05) is 42.5 Å². The second kappa shape index (κ2) is 8.01. The van der Waals surface area contributed by atoms with Gasteiger partial charge in [-0.1, -0.05) is 18.1 Å². The van der Waals surface area contributed by atoms with E-state index in [0.29, 0.717) is 48.7 Å². The highest BCUT2D eigenvalue weighted by molar-refractivity contribution is 6.10. The third kappa shape index (κ3) is 3.65. The number of benzene rings is 2. The topological polar surface area (TPSA) is 80.2 Å². The van der Waals surface area contributed by atoms with Crippen LogP contribution in [0, 0.1) is 12.3 Å². The van der Waals surface area contributed by atoms with E-state index in [1.165, 1.54) is 6.33 Å². The predicted molar refractivity (Wildman–Crippen MR) is 119 cm³/mol. The SMILES string of the molecule is C#Cc1cccc(Nc2nc3cc(C(=O)N4CCOCC4)ccc3c3cncnc23)c1. The number of rotatable bonds is 3. The summed E-state index contributed by atoms with van der Waals surface area (Å²) in [6.45, 7) is 2.30. The van der Waals surface area contributed by atoms with Crippen molar-refractivity contribution in [2.45, 2.75) is 0 Å². The smallest absolute Gasteiger partial charge is 0.254 e. The highest BCUT2D eigenvalue weighted by Gasteiger charge is 2.20. The summed E-state index contributed by atoms with van der Waals surface area (Å²) in [6, 6.07) is 13.1. The van der Waals surface area contributed by atoms with Crippen molar-refractivity contribution in [1.82, 2.24) is 19.9 Å². The summed E-state index contributed by atoms with van der Waals surface area (Å²) in [5.74, 6) is 3.19. The van der Waals surface area contributed by atoms with Crippen molar-refractivity contribution in [3.63, 3.8) is 0 Å². The van der Waals surface area contributed by atoms with Crippen molar-refractivity contribution in [1.29, 1.82) is 0 Å². The van der Waals surface area contributed by atoms with Crippen LogP contribution in [0.3, 0.4) is 0 Å². The first-order chi connectivity index (χ1) is 15.2. The summed E-state index contributed by atoms with van der Waals surface area (Å²) < 4.78 is 5.35. The Labute approximate surface area is 179 Å². The molecule has 3 heterocycles. The number of hydrogen-bond donors (Lipinski definition) is 1. The van der Waals surface area contributed by atoms with Crippen molar-refractivity contribution in [2.75, 3.05) is 31.6 Å². The Morgan fingerprint density at radius 2 is 2.00 bits per heavy atom. The third-order valence-corrected chi connectivity index (χ3v) is 5.29. The number of hydrogen-bond acceptors (Lipinski definition) is 6. The summed E-state index contributed by atoms with van der Waals surface area (Å²) >= 11 is 0. The van der Waals surface area contributed by atoms with Gasteiger partial charge in [-0.2, -0.15) is 0 Å². The van der Waals surface area contributed by atoms with Gasteiger partial charge in [0, 0.05) is 46.9 Å². The lowest BCUT2D eigenvalue weighted by atomic mass is 10.1. The molecule has 152 valence electrons. The van der Waals surface area contributed by atoms with Crippen LogP contribution in [0.25, 0.3) is 21.8 Å². The Morgan fingerprint density at radius 3 is 2.84 bits per heavy atom. The Hall–Kier alpha value is -4.02. The fraction of sp³-hybridized carbons (Fsp3) is 0.167. The molecule has 2 aromatic heterocycles. The molecule has 0 radical (unpaired) electrons. The molecule has 31 heavy (non-hydrogen) atoms. The molecular weight excluding hydrogens is 390 g/mol. The lowest BCUT2D eigenvalue weighted by Crippen LogP contribution is -2.40. The maximum atomic E-state index is 12.9. The largest absolute Gasteiger partial charge is 0.378 e. The van der Waals surface area contributed by atoms with E-state index in [9.17, 15) is 4.79 Å². The average molecular weight is 409 g/mol. The molecule has 0 bridgehead atoms. The van der Waals surface area contributed by atoms with Gasteiger partial charge in [0.25, 0.3) is 5.91 Å². The van der Waals surface area contributed by atoms with Crippen LogP contribution in [0.15, 0.2) is 55.0 Å². The van der Waals surface area contributed by atoms with Crippen molar-refractivity contribution >= 4 is 39.2 Å². The number of nitrogens with one attached hydrogen (secondary N) is 1. The van der Waals surface area contributed by atoms with Crippen molar-refractivity contribution in [3.8, 4) is 12.3 Å². The summed E-state index contributed by atoms with van der Waals surface area (Å²) in [6.07, 6.45) is 8.78. The maximum absolute atomic E-state index is 12.9. The minimum atomic E-state index is -0.0207. The van der Waals surface area contributed by atoms with Crippen LogP contribution >= 0.6 is 0 Å². The van der Waals surface area contributed by atoms with Gasteiger partial charge in [-0.25, -0.2) is 15.0 Å². The monoisotopic (exact) mass is 409 g/mol. The standard InChI is InChI=1S/C24H19N5O2/c1-2-16-4-3-5-18(12-16)27-23-22-20(14-25-15-26-22)19-7-6-17(13-21(19)28-23)24(30)29-8-10-31-11-9-29/h1,3-7,12-15H,8-11H2,(H,27,28). The number of terminal acetylenes is 1. The lowest BCUT2D eigenvalue weighted by molar-refractivity contribution is 0.0303. The number of anilines is 2. The van der Waals surface area contributed by atoms with Gasteiger partial charge in [-0.05, 0) is 30.3 Å². The van der Waals surface area contributed by atoms with Gasteiger partial charge < -0.3 is 15.0 Å². The number of fused-ring (bicyclic) bond motifs is 3. The molecule has 7 nitrogen and oxygen atoms in total. The molecule has 0 spiro atoms. The number of aromatic nitrogens is 3. The zero-order valence-corrected chi connectivity index (χ0v) is 16.7. The first-order valence-corrected chi connectivity index (χ1v) is 9.97. The summed E-state index contributed by atoms with van der Waals surface area (Å²) in [7, 11) is 0. The van der Waals surface area contributed by atoms with Gasteiger partial charge in [0.05, 0.1) is 18.7 Å². The molecule has 1 saturated heterocycles. The maximum Gasteiger partial charge on any atom is 0.254 e. The molecule has 0 atom stereocenters. The van der Waals surface area contributed by atoms with Gasteiger partial charge >= 0.3 is 0 Å². The summed E-state index contributed by atoms with van der Waals surface area (Å²) in [5.41, 5.74) is 3.56. The molecule has 1 aliphatic rings. The minimum Gasteiger partial charge on any atom is -0.378 e. The summed E-state index contributed by atoms with van der Waals surface area (Å²) in [4.78, 5) is 28.2. The first kappa shape index (κ1) is 19.0. The third-order valence-electron chi connectivity index (χ3n) is 5.29. The number of morpholine rings is 1. The highest BCUT2D eigenvalue weighted by atomic mass is 16.5. The number of amides is 1. The normalized spacial score (nSPS) is 13.8. The van der Waals surface area contributed by atoms with Crippen LogP contribution < -0.4 is 5.32 Å². The van der Waals surface area contributed by atoms with Crippen LogP contribution in [-0.2, 0) is 4.74 Å². The molecule has 1 N–H and O–H groups in total. The first-order valence-electron chi connectivity index (χ1n) is 9.97. The van der Waals surface area contributed by atoms with Gasteiger partial charge in [-0.15, -0.1) is 6.42 Å². The van der Waals surface area contributed by atoms with Crippen LogP contribution in [-0.4, -0.2) is 52.1 Å². The van der Waals surface area contributed by atoms with Crippen LogP contribution in [0.1, 0.15) is 15.9 Å². The van der Waals surface area contributed by atoms with Gasteiger partial charge in [-0.3, -0.25) is 4.79 Å². The van der Waals surface area contributed by atoms with E-state index in [4.69, 9.17) is 16.1 Å². The number of carbonyl (C=O) groups is 1. The molecule has 5 rings (SSSR count). The van der Waals surface area contributed by atoms with E-state index >= 15 is 0 Å². The van der Waals surface area contributed by atoms with Crippen molar-refractivity contribution < 1.29 is 9.53 Å². The van der Waals surface area contributed by atoms with Crippen molar-refractivity contribution in [2.24, 2.45) is 0 Å². The highest BCUT2D eigenvalue weighted by Crippen LogP contribution is 2.30. The number of carbonyl (C=O) groups excluding carboxylic acids is 1. The minimum absolute atomic E-state index is 0.0207. The molecule has 0 aliphatic carbocycles. The molecule has 7 heteroatoms. The van der Waals surface area contributed by atoms with Gasteiger partial charge in [0.2, 0.25) is 0 Å². The number of ether oxygens (including phenoxy) is 1. The average Bonchev–Trinajstić information content (AvgIpc) is 2.84. The molecule has 1 aliphatic heterocycles. The van der Waals surface area contributed by atoms with E-state index in [-0.39, 0.29) is 5.91 Å². The number of pyridine rings is 1. The van der Waals surface area contributed by atoms with Gasteiger partial charge in [0.1, 0.15) is 11.8 Å². The Bertz CT molecular complexity index is 1340. The molecule has 0 unspecified atom stereocenters. The Kier molecular flexibility index (Phi) is 4.90. The molecule has 0 saturated carbocycles.